The van der Waals surface area contributed by atoms with Gasteiger partial charge >= 0.3 is 5.97 Å². The highest BCUT2D eigenvalue weighted by molar-refractivity contribution is 6.30. The Bertz CT molecular complexity index is 947. The largest absolute Gasteiger partial charge is 0.476 e. The van der Waals surface area contributed by atoms with Gasteiger partial charge in [0.15, 0.2) is 11.5 Å². The lowest BCUT2D eigenvalue weighted by atomic mass is 10.2. The molecule has 0 aliphatic carbocycles. The van der Waals surface area contributed by atoms with E-state index in [-0.39, 0.29) is 11.5 Å². The summed E-state index contributed by atoms with van der Waals surface area (Å²) >= 11 is 5.92. The minimum atomic E-state index is -1.14. The van der Waals surface area contributed by atoms with Crippen molar-refractivity contribution in [2.24, 2.45) is 10.2 Å². The normalized spacial score (nSPS) is 11.4. The molecule has 1 N–H and O–H groups in total. The molecule has 6 nitrogen and oxygen atoms in total. The first-order chi connectivity index (χ1) is 11.0. The van der Waals surface area contributed by atoms with Gasteiger partial charge in [0, 0.05) is 10.7 Å². The number of aryl methyl sites for hydroxylation is 2. The van der Waals surface area contributed by atoms with Crippen molar-refractivity contribution in [2.45, 2.75) is 13.8 Å². The Morgan fingerprint density at radius 3 is 2.70 bits per heavy atom. The van der Waals surface area contributed by atoms with Crippen LogP contribution in [0.2, 0.25) is 5.02 Å². The Morgan fingerprint density at radius 1 is 1.22 bits per heavy atom. The molecule has 0 spiro atoms. The second-order valence-electron chi connectivity index (χ2n) is 5.08. The Kier molecular flexibility index (Phi) is 3.83. The summed E-state index contributed by atoms with van der Waals surface area (Å²) in [6, 6.07) is 10.6. The maximum atomic E-state index is 11.4. The number of benzene rings is 1. The Hall–Kier alpha value is -2.73. The van der Waals surface area contributed by atoms with Gasteiger partial charge in [0.1, 0.15) is 5.65 Å². The van der Waals surface area contributed by atoms with Crippen molar-refractivity contribution in [3.05, 3.63) is 58.4 Å². The molecule has 0 aliphatic heterocycles. The van der Waals surface area contributed by atoms with Gasteiger partial charge in [0.2, 0.25) is 0 Å². The highest BCUT2D eigenvalue weighted by atomic mass is 35.5. The highest BCUT2D eigenvalue weighted by Crippen LogP contribution is 2.28. The number of imidazole rings is 1. The predicted octanol–water partition coefficient (Wildman–Crippen LogP) is 4.72. The summed E-state index contributed by atoms with van der Waals surface area (Å²) in [7, 11) is 0. The minimum absolute atomic E-state index is 0.130. The highest BCUT2D eigenvalue weighted by Gasteiger charge is 2.19. The van der Waals surface area contributed by atoms with Crippen LogP contribution >= 0.6 is 11.6 Å². The molecule has 0 radical (unpaired) electrons. The summed E-state index contributed by atoms with van der Waals surface area (Å²) in [5.74, 6) is -0.949. The smallest absolute Gasteiger partial charge is 0.358 e. The number of carboxylic acids is 1. The van der Waals surface area contributed by atoms with E-state index in [2.05, 4.69) is 15.2 Å². The number of rotatable bonds is 3. The van der Waals surface area contributed by atoms with Crippen LogP contribution in [-0.4, -0.2) is 20.5 Å². The fourth-order valence-corrected chi connectivity index (χ4v) is 2.53. The molecule has 23 heavy (non-hydrogen) atoms. The molecule has 2 aromatic heterocycles. The van der Waals surface area contributed by atoms with Crippen LogP contribution in [0.3, 0.4) is 0 Å². The molecule has 0 atom stereocenters. The van der Waals surface area contributed by atoms with Gasteiger partial charge < -0.3 is 5.11 Å². The van der Waals surface area contributed by atoms with E-state index in [0.29, 0.717) is 16.4 Å². The molecule has 0 fully saturated rings. The summed E-state index contributed by atoms with van der Waals surface area (Å²) in [5, 5.41) is 18.3. The maximum absolute atomic E-state index is 11.4. The van der Waals surface area contributed by atoms with Crippen molar-refractivity contribution >= 4 is 34.7 Å². The molecule has 116 valence electrons. The quantitative estimate of drug-likeness (QED) is 0.706. The maximum Gasteiger partial charge on any atom is 0.358 e. The Morgan fingerprint density at radius 2 is 2.00 bits per heavy atom. The molecule has 0 aliphatic rings. The second-order valence-corrected chi connectivity index (χ2v) is 5.52. The summed E-state index contributed by atoms with van der Waals surface area (Å²) in [6.07, 6.45) is 0. The number of carboxylic acid groups (broad SMARTS) is 1. The average Bonchev–Trinajstić information content (AvgIpc) is 2.87. The van der Waals surface area contributed by atoms with Gasteiger partial charge in [-0.3, -0.25) is 4.40 Å². The molecule has 3 aromatic rings. The lowest BCUT2D eigenvalue weighted by Crippen LogP contribution is -1.97. The zero-order chi connectivity index (χ0) is 16.6. The molecule has 3 rings (SSSR count). The number of hydrogen-bond donors (Lipinski definition) is 1. The number of nitrogens with zero attached hydrogens (tertiary/aromatic N) is 4. The number of azo groups is 1. The van der Waals surface area contributed by atoms with Crippen molar-refractivity contribution in [3.8, 4) is 0 Å². The number of halogens is 1. The standard InChI is InChI=1S/C16H13ClN4O2/c1-9-8-11(17)6-7-12(9)19-20-15-14(16(22)23)18-13-5-3-4-10(2)21(13)15/h3-8H,1-2H3,(H,22,23). The van der Waals surface area contributed by atoms with E-state index in [4.69, 9.17) is 11.6 Å². The monoisotopic (exact) mass is 328 g/mol. The van der Waals surface area contributed by atoms with Gasteiger partial charge in [-0.25, -0.2) is 9.78 Å². The molecule has 0 bridgehead atoms. The Labute approximate surface area is 137 Å². The zero-order valence-corrected chi connectivity index (χ0v) is 13.2. The topological polar surface area (TPSA) is 79.3 Å². The third kappa shape index (κ3) is 2.80. The fraction of sp³-hybridized carbons (Fsp3) is 0.125. The average molecular weight is 329 g/mol. The first kappa shape index (κ1) is 15.2. The van der Waals surface area contributed by atoms with Gasteiger partial charge in [0.05, 0.1) is 5.69 Å². The summed E-state index contributed by atoms with van der Waals surface area (Å²) in [6.45, 7) is 3.71. The molecule has 2 heterocycles. The van der Waals surface area contributed by atoms with Crippen LogP contribution in [0.25, 0.3) is 5.65 Å². The molecule has 0 saturated carbocycles. The van der Waals surface area contributed by atoms with Gasteiger partial charge in [-0.05, 0) is 49.7 Å². The van der Waals surface area contributed by atoms with Gasteiger partial charge in [-0.15, -0.1) is 10.2 Å². The van der Waals surface area contributed by atoms with Crippen molar-refractivity contribution < 1.29 is 9.90 Å². The van der Waals surface area contributed by atoms with Crippen molar-refractivity contribution in [1.29, 1.82) is 0 Å². The van der Waals surface area contributed by atoms with Crippen molar-refractivity contribution in [2.75, 3.05) is 0 Å². The summed E-state index contributed by atoms with van der Waals surface area (Å²) < 4.78 is 1.66. The van der Waals surface area contributed by atoms with Gasteiger partial charge in [-0.1, -0.05) is 17.7 Å². The van der Waals surface area contributed by atoms with Crippen LogP contribution in [-0.2, 0) is 0 Å². The van der Waals surface area contributed by atoms with Crippen LogP contribution < -0.4 is 0 Å². The molecular formula is C16H13ClN4O2. The van der Waals surface area contributed by atoms with Crippen LogP contribution in [0.1, 0.15) is 21.7 Å². The SMILES string of the molecule is Cc1cc(Cl)ccc1N=Nc1c(C(=O)O)nc2cccc(C)n12. The number of carbonyl (C=O) groups is 1. The third-order valence-corrected chi connectivity index (χ3v) is 3.66. The summed E-state index contributed by atoms with van der Waals surface area (Å²) in [4.78, 5) is 15.5. The predicted molar refractivity (Wildman–Crippen MR) is 87.3 cm³/mol. The van der Waals surface area contributed by atoms with Gasteiger partial charge in [-0.2, -0.15) is 0 Å². The van der Waals surface area contributed by atoms with E-state index in [0.717, 1.165) is 11.3 Å². The van der Waals surface area contributed by atoms with Gasteiger partial charge in [0.25, 0.3) is 0 Å². The van der Waals surface area contributed by atoms with Crippen LogP contribution in [0.5, 0.6) is 0 Å². The lowest BCUT2D eigenvalue weighted by Gasteiger charge is -2.02. The van der Waals surface area contributed by atoms with E-state index in [1.54, 1.807) is 28.7 Å². The number of fused-ring (bicyclic) bond motifs is 1. The molecule has 1 aromatic carbocycles. The van der Waals surface area contributed by atoms with E-state index in [1.807, 2.05) is 26.0 Å². The van der Waals surface area contributed by atoms with E-state index in [1.165, 1.54) is 0 Å². The minimum Gasteiger partial charge on any atom is -0.476 e. The molecule has 7 heteroatoms. The molecular weight excluding hydrogens is 316 g/mol. The van der Waals surface area contributed by atoms with E-state index in [9.17, 15) is 9.90 Å². The molecule has 0 saturated heterocycles. The molecule has 0 amide bonds. The first-order valence-corrected chi connectivity index (χ1v) is 7.24. The Balaban J connectivity index is 2.16. The van der Waals surface area contributed by atoms with Crippen molar-refractivity contribution in [3.63, 3.8) is 0 Å². The van der Waals surface area contributed by atoms with Crippen LogP contribution in [0, 0.1) is 13.8 Å². The first-order valence-electron chi connectivity index (χ1n) is 6.86. The lowest BCUT2D eigenvalue weighted by molar-refractivity contribution is 0.0692. The van der Waals surface area contributed by atoms with Crippen LogP contribution in [0.15, 0.2) is 46.6 Å². The fourth-order valence-electron chi connectivity index (χ4n) is 2.30. The number of aromatic nitrogens is 2. The summed E-state index contributed by atoms with van der Waals surface area (Å²) in [5.41, 5.74) is 2.68. The number of hydrogen-bond acceptors (Lipinski definition) is 4. The van der Waals surface area contributed by atoms with E-state index < -0.39 is 5.97 Å². The number of aromatic carboxylic acids is 1. The van der Waals surface area contributed by atoms with Crippen molar-refractivity contribution in [1.82, 2.24) is 9.38 Å². The molecule has 0 unspecified atom stereocenters. The zero-order valence-electron chi connectivity index (χ0n) is 12.5. The van der Waals surface area contributed by atoms with Crippen LogP contribution in [0.4, 0.5) is 11.5 Å². The number of pyridine rings is 1. The second kappa shape index (κ2) is 5.81. The third-order valence-electron chi connectivity index (χ3n) is 3.43. The van der Waals surface area contributed by atoms with E-state index >= 15 is 0 Å².